The van der Waals surface area contributed by atoms with Crippen LogP contribution in [0.25, 0.3) is 0 Å². The molecule has 0 amide bonds. The largest absolute Gasteiger partial charge is 0.367 e. The molecule has 0 radical (unpaired) electrons. The lowest BCUT2D eigenvalue weighted by Crippen LogP contribution is -2.38. The van der Waals surface area contributed by atoms with Gasteiger partial charge in [-0.15, -0.1) is 12.4 Å². The van der Waals surface area contributed by atoms with Crippen molar-refractivity contribution in [3.8, 4) is 0 Å². The minimum atomic E-state index is -2.38. The van der Waals surface area contributed by atoms with E-state index in [2.05, 4.69) is 0 Å². The molecule has 0 aromatic carbocycles. The average Bonchev–Trinajstić information content (AvgIpc) is 2.42. The monoisotopic (exact) mass is 199 g/mol. The number of halogens is 3. The molecule has 2 N–H and O–H groups in total. The van der Waals surface area contributed by atoms with Crippen LogP contribution in [0.15, 0.2) is 0 Å². The Morgan fingerprint density at radius 3 is 2.17 bits per heavy atom. The summed E-state index contributed by atoms with van der Waals surface area (Å²) in [6, 6.07) is 0. The molecule has 1 aliphatic heterocycles. The molecule has 1 saturated carbocycles. The SMILES string of the molecule is Cl.NC12CCC(C(F)F)(C1)OC2. The van der Waals surface area contributed by atoms with E-state index in [-0.39, 0.29) is 12.4 Å². The Labute approximate surface area is 75.9 Å². The van der Waals surface area contributed by atoms with Gasteiger partial charge in [-0.2, -0.15) is 0 Å². The Morgan fingerprint density at radius 1 is 1.33 bits per heavy atom. The maximum atomic E-state index is 12.4. The molecule has 0 aromatic heterocycles. The van der Waals surface area contributed by atoms with E-state index < -0.39 is 17.6 Å². The summed E-state index contributed by atoms with van der Waals surface area (Å²) in [4.78, 5) is 0. The molecular formula is C7H12ClF2NO. The second-order valence-electron chi connectivity index (χ2n) is 3.69. The molecule has 2 fully saturated rings. The molecule has 0 spiro atoms. The van der Waals surface area contributed by atoms with Crippen molar-refractivity contribution in [2.75, 3.05) is 6.61 Å². The highest BCUT2D eigenvalue weighted by Crippen LogP contribution is 2.48. The Bertz CT molecular complexity index is 180. The van der Waals surface area contributed by atoms with Crippen LogP contribution in [0.3, 0.4) is 0 Å². The highest BCUT2D eigenvalue weighted by Gasteiger charge is 2.58. The second kappa shape index (κ2) is 2.79. The third kappa shape index (κ3) is 1.22. The molecule has 2 bridgehead atoms. The van der Waals surface area contributed by atoms with Gasteiger partial charge in [-0.05, 0) is 12.8 Å². The quantitative estimate of drug-likeness (QED) is 0.692. The first-order valence-corrected chi connectivity index (χ1v) is 3.77. The lowest BCUT2D eigenvalue weighted by molar-refractivity contribution is -0.118. The Morgan fingerprint density at radius 2 is 2.00 bits per heavy atom. The zero-order valence-electron chi connectivity index (χ0n) is 6.56. The number of hydrogen-bond donors (Lipinski definition) is 1. The van der Waals surface area contributed by atoms with Crippen molar-refractivity contribution < 1.29 is 13.5 Å². The number of nitrogens with two attached hydrogens (primary N) is 1. The molecule has 1 saturated heterocycles. The zero-order chi connectivity index (χ0) is 8.11. The van der Waals surface area contributed by atoms with Gasteiger partial charge in [0.15, 0.2) is 0 Å². The van der Waals surface area contributed by atoms with Gasteiger partial charge >= 0.3 is 0 Å². The summed E-state index contributed by atoms with van der Waals surface area (Å²) in [5.41, 5.74) is 4.13. The van der Waals surface area contributed by atoms with Crippen LogP contribution in [0.4, 0.5) is 8.78 Å². The van der Waals surface area contributed by atoms with Gasteiger partial charge in [0.05, 0.1) is 6.61 Å². The van der Waals surface area contributed by atoms with Gasteiger partial charge in [0.25, 0.3) is 6.43 Å². The molecule has 5 heteroatoms. The predicted molar refractivity (Wildman–Crippen MR) is 42.7 cm³/mol. The number of alkyl halides is 2. The first-order chi connectivity index (χ1) is 5.06. The van der Waals surface area contributed by atoms with Crippen molar-refractivity contribution in [1.82, 2.24) is 0 Å². The van der Waals surface area contributed by atoms with E-state index in [0.29, 0.717) is 25.9 Å². The minimum absolute atomic E-state index is 0. The van der Waals surface area contributed by atoms with Crippen LogP contribution in [-0.2, 0) is 4.74 Å². The summed E-state index contributed by atoms with van der Waals surface area (Å²) in [6.45, 7) is 0.303. The van der Waals surface area contributed by atoms with E-state index in [4.69, 9.17) is 10.5 Å². The smallest absolute Gasteiger partial charge is 0.267 e. The van der Waals surface area contributed by atoms with Crippen molar-refractivity contribution in [2.24, 2.45) is 5.73 Å². The Balaban J connectivity index is 0.000000720. The Hall–Kier alpha value is 0.0700. The fourth-order valence-electron chi connectivity index (χ4n) is 2.02. The lowest BCUT2D eigenvalue weighted by Gasteiger charge is -2.25. The van der Waals surface area contributed by atoms with Crippen molar-refractivity contribution in [2.45, 2.75) is 36.8 Å². The summed E-state index contributed by atoms with van der Waals surface area (Å²) < 4.78 is 29.9. The van der Waals surface area contributed by atoms with Crippen molar-refractivity contribution >= 4 is 12.4 Å². The zero-order valence-corrected chi connectivity index (χ0v) is 7.37. The molecule has 2 unspecified atom stereocenters. The van der Waals surface area contributed by atoms with Crippen molar-refractivity contribution in [3.63, 3.8) is 0 Å². The lowest BCUT2D eigenvalue weighted by atomic mass is 10.0. The standard InChI is InChI=1S/C7H11F2NO.ClH/c8-5(9)7-2-1-6(10,3-7)4-11-7;/h5H,1-4,10H2;1H. The van der Waals surface area contributed by atoms with Crippen LogP contribution in [0.2, 0.25) is 0 Å². The maximum absolute atomic E-state index is 12.4. The second-order valence-corrected chi connectivity index (χ2v) is 3.69. The van der Waals surface area contributed by atoms with E-state index in [9.17, 15) is 8.78 Å². The topological polar surface area (TPSA) is 35.2 Å². The number of rotatable bonds is 1. The molecular weight excluding hydrogens is 188 g/mol. The summed E-state index contributed by atoms with van der Waals surface area (Å²) >= 11 is 0. The van der Waals surface area contributed by atoms with Crippen LogP contribution < -0.4 is 5.73 Å². The van der Waals surface area contributed by atoms with Gasteiger partial charge in [-0.1, -0.05) is 0 Å². The van der Waals surface area contributed by atoms with Crippen LogP contribution in [0.5, 0.6) is 0 Å². The average molecular weight is 200 g/mol. The third-order valence-electron chi connectivity index (χ3n) is 2.74. The molecule has 72 valence electrons. The van der Waals surface area contributed by atoms with E-state index in [1.165, 1.54) is 0 Å². The van der Waals surface area contributed by atoms with E-state index in [1.807, 2.05) is 0 Å². The number of fused-ring (bicyclic) bond motifs is 2. The summed E-state index contributed by atoms with van der Waals surface area (Å²) in [6.07, 6.45) is -0.952. The predicted octanol–water partition coefficient (Wildman–Crippen LogP) is 1.32. The van der Waals surface area contributed by atoms with Gasteiger partial charge in [-0.25, -0.2) is 8.78 Å². The fraction of sp³-hybridized carbons (Fsp3) is 1.00. The van der Waals surface area contributed by atoms with Crippen LogP contribution >= 0.6 is 12.4 Å². The molecule has 2 aliphatic rings. The van der Waals surface area contributed by atoms with Gasteiger partial charge in [0.1, 0.15) is 5.60 Å². The van der Waals surface area contributed by atoms with Gasteiger partial charge in [-0.3, -0.25) is 0 Å². The molecule has 0 aromatic rings. The third-order valence-corrected chi connectivity index (χ3v) is 2.74. The van der Waals surface area contributed by atoms with Gasteiger partial charge in [0, 0.05) is 12.0 Å². The minimum Gasteiger partial charge on any atom is -0.367 e. The normalized spacial score (nSPS) is 45.0. The van der Waals surface area contributed by atoms with Crippen molar-refractivity contribution in [1.29, 1.82) is 0 Å². The highest BCUT2D eigenvalue weighted by atomic mass is 35.5. The van der Waals surface area contributed by atoms with Gasteiger partial charge in [0.2, 0.25) is 0 Å². The summed E-state index contributed by atoms with van der Waals surface area (Å²) in [7, 11) is 0. The first kappa shape index (κ1) is 10.2. The molecule has 1 aliphatic carbocycles. The molecule has 2 nitrogen and oxygen atoms in total. The number of hydrogen-bond acceptors (Lipinski definition) is 2. The molecule has 2 atom stereocenters. The molecule has 2 rings (SSSR count). The number of ether oxygens (including phenoxy) is 1. The van der Waals surface area contributed by atoms with Crippen LogP contribution in [0.1, 0.15) is 19.3 Å². The molecule has 12 heavy (non-hydrogen) atoms. The van der Waals surface area contributed by atoms with E-state index >= 15 is 0 Å². The van der Waals surface area contributed by atoms with Crippen LogP contribution in [-0.4, -0.2) is 24.2 Å². The fourth-order valence-corrected chi connectivity index (χ4v) is 2.02. The first-order valence-electron chi connectivity index (χ1n) is 3.77. The Kier molecular flexibility index (Phi) is 2.36. The van der Waals surface area contributed by atoms with Crippen LogP contribution in [0, 0.1) is 0 Å². The maximum Gasteiger partial charge on any atom is 0.267 e. The highest BCUT2D eigenvalue weighted by molar-refractivity contribution is 5.85. The summed E-state index contributed by atoms with van der Waals surface area (Å²) in [5, 5.41) is 0. The molecule has 1 heterocycles. The van der Waals surface area contributed by atoms with Crippen molar-refractivity contribution in [3.05, 3.63) is 0 Å². The summed E-state index contributed by atoms with van der Waals surface area (Å²) in [5.74, 6) is 0. The van der Waals surface area contributed by atoms with E-state index in [1.54, 1.807) is 0 Å². The van der Waals surface area contributed by atoms with E-state index in [0.717, 1.165) is 0 Å². The van der Waals surface area contributed by atoms with Gasteiger partial charge < -0.3 is 10.5 Å².